The molecule has 1 aromatic heterocycles. The Labute approximate surface area is 91.5 Å². The van der Waals surface area contributed by atoms with Gasteiger partial charge >= 0.3 is 0 Å². The van der Waals surface area contributed by atoms with Crippen LogP contribution >= 0.6 is 11.6 Å². The van der Waals surface area contributed by atoms with Gasteiger partial charge in [-0.25, -0.2) is 0 Å². The molecule has 0 aliphatic heterocycles. The van der Waals surface area contributed by atoms with Gasteiger partial charge in [-0.2, -0.15) is 4.98 Å². The molecule has 2 rings (SSSR count). The SMILES string of the molecule is CCc1noc(-c2cc(Cl)ccc2O)n1. The van der Waals surface area contributed by atoms with E-state index < -0.39 is 0 Å². The molecule has 0 fully saturated rings. The minimum absolute atomic E-state index is 0.0747. The molecule has 0 radical (unpaired) electrons. The summed E-state index contributed by atoms with van der Waals surface area (Å²) in [7, 11) is 0. The van der Waals surface area contributed by atoms with Crippen LogP contribution in [0.2, 0.25) is 5.02 Å². The van der Waals surface area contributed by atoms with E-state index in [0.29, 0.717) is 22.8 Å². The van der Waals surface area contributed by atoms with E-state index in [4.69, 9.17) is 16.1 Å². The normalized spacial score (nSPS) is 10.5. The average molecular weight is 225 g/mol. The fourth-order valence-corrected chi connectivity index (χ4v) is 1.36. The average Bonchev–Trinajstić information content (AvgIpc) is 2.70. The van der Waals surface area contributed by atoms with Gasteiger partial charge in [-0.3, -0.25) is 0 Å². The zero-order valence-electron chi connectivity index (χ0n) is 8.07. The third-order valence-electron chi connectivity index (χ3n) is 1.97. The van der Waals surface area contributed by atoms with E-state index in [9.17, 15) is 5.11 Å². The lowest BCUT2D eigenvalue weighted by Gasteiger charge is -1.98. The maximum atomic E-state index is 9.58. The number of hydrogen-bond acceptors (Lipinski definition) is 4. The third-order valence-corrected chi connectivity index (χ3v) is 2.21. The third kappa shape index (κ3) is 1.94. The van der Waals surface area contributed by atoms with Crippen LogP contribution in [-0.2, 0) is 6.42 Å². The van der Waals surface area contributed by atoms with Gasteiger partial charge in [-0.15, -0.1) is 0 Å². The maximum Gasteiger partial charge on any atom is 0.261 e. The molecule has 15 heavy (non-hydrogen) atoms. The second-order valence-electron chi connectivity index (χ2n) is 3.03. The zero-order valence-corrected chi connectivity index (χ0v) is 8.82. The van der Waals surface area contributed by atoms with Gasteiger partial charge in [0.2, 0.25) is 0 Å². The molecule has 0 atom stereocenters. The highest BCUT2D eigenvalue weighted by atomic mass is 35.5. The number of aryl methyl sites for hydroxylation is 1. The first-order valence-corrected chi connectivity index (χ1v) is 4.90. The van der Waals surface area contributed by atoms with Crippen LogP contribution in [0, 0.1) is 0 Å². The smallest absolute Gasteiger partial charge is 0.261 e. The molecular formula is C10H9ClN2O2. The fraction of sp³-hybridized carbons (Fsp3) is 0.200. The molecule has 5 heteroatoms. The number of nitrogens with zero attached hydrogens (tertiary/aromatic N) is 2. The van der Waals surface area contributed by atoms with Crippen molar-refractivity contribution in [1.82, 2.24) is 10.1 Å². The van der Waals surface area contributed by atoms with Gasteiger partial charge in [0.15, 0.2) is 5.82 Å². The molecule has 0 aliphatic rings. The maximum absolute atomic E-state index is 9.58. The molecule has 0 saturated heterocycles. The Morgan fingerprint density at radius 2 is 2.27 bits per heavy atom. The molecule has 0 amide bonds. The topological polar surface area (TPSA) is 59.2 Å². The van der Waals surface area contributed by atoms with Gasteiger partial charge in [-0.1, -0.05) is 23.7 Å². The van der Waals surface area contributed by atoms with Crippen LogP contribution in [0.5, 0.6) is 5.75 Å². The summed E-state index contributed by atoms with van der Waals surface area (Å²) in [4.78, 5) is 4.10. The predicted molar refractivity (Wildman–Crippen MR) is 55.8 cm³/mol. The Kier molecular flexibility index (Phi) is 2.60. The molecule has 0 unspecified atom stereocenters. The Hall–Kier alpha value is -1.55. The van der Waals surface area contributed by atoms with Crippen LogP contribution in [0.3, 0.4) is 0 Å². The molecular weight excluding hydrogens is 216 g/mol. The highest BCUT2D eigenvalue weighted by Crippen LogP contribution is 2.30. The molecule has 1 heterocycles. The van der Waals surface area contributed by atoms with Gasteiger partial charge in [0.25, 0.3) is 5.89 Å². The van der Waals surface area contributed by atoms with E-state index in [2.05, 4.69) is 10.1 Å². The Morgan fingerprint density at radius 3 is 2.93 bits per heavy atom. The summed E-state index contributed by atoms with van der Waals surface area (Å²) in [5.74, 6) is 0.960. The van der Waals surface area contributed by atoms with Crippen LogP contribution < -0.4 is 0 Å². The first-order valence-electron chi connectivity index (χ1n) is 4.52. The highest BCUT2D eigenvalue weighted by molar-refractivity contribution is 6.30. The molecule has 4 nitrogen and oxygen atoms in total. The minimum Gasteiger partial charge on any atom is -0.507 e. The van der Waals surface area contributed by atoms with Gasteiger partial charge in [-0.05, 0) is 18.2 Å². The van der Waals surface area contributed by atoms with Gasteiger partial charge in [0.05, 0.1) is 5.56 Å². The molecule has 1 N–H and O–H groups in total. The number of rotatable bonds is 2. The summed E-state index contributed by atoms with van der Waals surface area (Å²) in [5.41, 5.74) is 0.453. The summed E-state index contributed by atoms with van der Waals surface area (Å²) in [6.07, 6.45) is 0.685. The largest absolute Gasteiger partial charge is 0.507 e. The van der Waals surface area contributed by atoms with E-state index in [1.807, 2.05) is 6.92 Å². The standard InChI is InChI=1S/C10H9ClN2O2/c1-2-9-12-10(15-13-9)7-5-6(11)3-4-8(7)14/h3-5,14H,2H2,1H3. The Balaban J connectivity index is 2.48. The van der Waals surface area contributed by atoms with Crippen molar-refractivity contribution in [2.75, 3.05) is 0 Å². The first kappa shape index (κ1) is 9.98. The lowest BCUT2D eigenvalue weighted by atomic mass is 10.2. The monoisotopic (exact) mass is 224 g/mol. The Morgan fingerprint density at radius 1 is 1.47 bits per heavy atom. The summed E-state index contributed by atoms with van der Waals surface area (Å²) in [5, 5.41) is 13.8. The highest BCUT2D eigenvalue weighted by Gasteiger charge is 2.12. The fourth-order valence-electron chi connectivity index (χ4n) is 1.19. The van der Waals surface area contributed by atoms with Crippen LogP contribution in [0.25, 0.3) is 11.5 Å². The molecule has 0 bridgehead atoms. The van der Waals surface area contributed by atoms with Crippen molar-refractivity contribution in [2.45, 2.75) is 13.3 Å². The number of hydrogen-bond donors (Lipinski definition) is 1. The summed E-state index contributed by atoms with van der Waals surface area (Å²) >= 11 is 5.81. The van der Waals surface area contributed by atoms with Crippen LogP contribution in [0.4, 0.5) is 0 Å². The Bertz CT molecular complexity index is 482. The second kappa shape index (κ2) is 3.90. The molecule has 0 saturated carbocycles. The van der Waals surface area contributed by atoms with Crippen molar-refractivity contribution in [2.24, 2.45) is 0 Å². The van der Waals surface area contributed by atoms with Crippen LogP contribution in [-0.4, -0.2) is 15.2 Å². The van der Waals surface area contributed by atoms with Crippen molar-refractivity contribution < 1.29 is 9.63 Å². The number of halogens is 1. The number of benzene rings is 1. The van der Waals surface area contributed by atoms with Crippen LogP contribution in [0.15, 0.2) is 22.7 Å². The molecule has 1 aromatic carbocycles. The van der Waals surface area contributed by atoms with E-state index in [-0.39, 0.29) is 11.6 Å². The number of aromatic nitrogens is 2. The van der Waals surface area contributed by atoms with Crippen LogP contribution in [0.1, 0.15) is 12.7 Å². The summed E-state index contributed by atoms with van der Waals surface area (Å²) < 4.78 is 5.00. The molecule has 2 aromatic rings. The van der Waals surface area contributed by atoms with E-state index >= 15 is 0 Å². The minimum atomic E-state index is 0.0747. The number of phenols is 1. The molecule has 0 aliphatic carbocycles. The van der Waals surface area contributed by atoms with E-state index in [0.717, 1.165) is 0 Å². The van der Waals surface area contributed by atoms with Crippen molar-refractivity contribution in [1.29, 1.82) is 0 Å². The number of aromatic hydroxyl groups is 1. The number of phenolic OH excluding ortho intramolecular Hbond substituents is 1. The summed E-state index contributed by atoms with van der Waals surface area (Å²) in [6, 6.07) is 4.68. The van der Waals surface area contributed by atoms with Gasteiger partial charge in [0, 0.05) is 11.4 Å². The van der Waals surface area contributed by atoms with Gasteiger partial charge < -0.3 is 9.63 Å². The van der Waals surface area contributed by atoms with E-state index in [1.165, 1.54) is 6.07 Å². The predicted octanol–water partition coefficient (Wildman–Crippen LogP) is 2.66. The first-order chi connectivity index (χ1) is 7.20. The van der Waals surface area contributed by atoms with Crippen molar-refractivity contribution >= 4 is 11.6 Å². The van der Waals surface area contributed by atoms with Crippen molar-refractivity contribution in [3.63, 3.8) is 0 Å². The lowest BCUT2D eigenvalue weighted by Crippen LogP contribution is -1.83. The molecule has 78 valence electrons. The zero-order chi connectivity index (χ0) is 10.8. The van der Waals surface area contributed by atoms with Crippen molar-refractivity contribution in [3.8, 4) is 17.2 Å². The van der Waals surface area contributed by atoms with Crippen molar-refractivity contribution in [3.05, 3.63) is 29.0 Å². The quantitative estimate of drug-likeness (QED) is 0.852. The second-order valence-corrected chi connectivity index (χ2v) is 3.47. The van der Waals surface area contributed by atoms with Gasteiger partial charge in [0.1, 0.15) is 5.75 Å². The lowest BCUT2D eigenvalue weighted by molar-refractivity contribution is 0.418. The van der Waals surface area contributed by atoms with E-state index in [1.54, 1.807) is 12.1 Å². The molecule has 0 spiro atoms. The summed E-state index contributed by atoms with van der Waals surface area (Å²) in [6.45, 7) is 1.92.